The molecule has 0 spiro atoms. The number of benzene rings is 2. The number of aromatic nitrogens is 3. The molecule has 2 aromatic carbocycles. The predicted molar refractivity (Wildman–Crippen MR) is 96.5 cm³/mol. The summed E-state index contributed by atoms with van der Waals surface area (Å²) >= 11 is 0. The number of para-hydroxylation sites is 1. The van der Waals surface area contributed by atoms with Crippen LogP contribution in [0.5, 0.6) is 5.75 Å². The molecule has 0 fully saturated rings. The summed E-state index contributed by atoms with van der Waals surface area (Å²) in [4.78, 5) is 26.7. The lowest BCUT2D eigenvalue weighted by atomic mass is 10.0. The van der Waals surface area contributed by atoms with Gasteiger partial charge in [0.1, 0.15) is 17.3 Å². The maximum absolute atomic E-state index is 13.0. The van der Waals surface area contributed by atoms with E-state index in [0.717, 1.165) is 11.0 Å². The number of amides is 1. The molecule has 7 nitrogen and oxygen atoms in total. The third-order valence-corrected chi connectivity index (χ3v) is 4.63. The van der Waals surface area contributed by atoms with Crippen LogP contribution in [0.25, 0.3) is 11.0 Å². The summed E-state index contributed by atoms with van der Waals surface area (Å²) in [5.74, 6) is 0.402. The number of hydrogen-bond donors (Lipinski definition) is 0. The molecule has 1 aliphatic heterocycles. The van der Waals surface area contributed by atoms with E-state index in [0.29, 0.717) is 23.5 Å². The summed E-state index contributed by atoms with van der Waals surface area (Å²) in [6.07, 6.45) is 0. The molecule has 4 rings (SSSR count). The first-order chi connectivity index (χ1) is 12.6. The van der Waals surface area contributed by atoms with E-state index >= 15 is 0 Å². The van der Waals surface area contributed by atoms with E-state index in [2.05, 4.69) is 10.3 Å². The van der Waals surface area contributed by atoms with Crippen molar-refractivity contribution in [3.63, 3.8) is 0 Å². The summed E-state index contributed by atoms with van der Waals surface area (Å²) in [6.45, 7) is 4.24. The number of carbonyl (C=O) groups is 2. The van der Waals surface area contributed by atoms with Gasteiger partial charge < -0.3 is 9.64 Å². The van der Waals surface area contributed by atoms with Gasteiger partial charge in [-0.15, -0.1) is 5.10 Å². The van der Waals surface area contributed by atoms with Crippen LogP contribution >= 0.6 is 0 Å². The van der Waals surface area contributed by atoms with E-state index < -0.39 is 6.04 Å². The molecule has 1 amide bonds. The van der Waals surface area contributed by atoms with Gasteiger partial charge in [-0.3, -0.25) is 9.59 Å². The van der Waals surface area contributed by atoms with Crippen molar-refractivity contribution in [3.8, 4) is 5.75 Å². The summed E-state index contributed by atoms with van der Waals surface area (Å²) in [5, 5.41) is 8.24. The van der Waals surface area contributed by atoms with Gasteiger partial charge in [0, 0.05) is 12.1 Å². The first-order valence-electron chi connectivity index (χ1n) is 8.51. The van der Waals surface area contributed by atoms with Crippen LogP contribution in [0.3, 0.4) is 0 Å². The Labute approximate surface area is 150 Å². The lowest BCUT2D eigenvalue weighted by molar-refractivity contribution is -0.121. The van der Waals surface area contributed by atoms with Crippen LogP contribution < -0.4 is 9.64 Å². The van der Waals surface area contributed by atoms with Crippen LogP contribution in [0, 0.1) is 0 Å². The van der Waals surface area contributed by atoms with Gasteiger partial charge in [-0.2, -0.15) is 0 Å². The minimum absolute atomic E-state index is 0.0233. The Morgan fingerprint density at radius 3 is 2.88 bits per heavy atom. The van der Waals surface area contributed by atoms with Gasteiger partial charge in [-0.1, -0.05) is 17.3 Å². The van der Waals surface area contributed by atoms with E-state index in [4.69, 9.17) is 4.74 Å². The van der Waals surface area contributed by atoms with E-state index in [1.807, 2.05) is 31.2 Å². The summed E-state index contributed by atoms with van der Waals surface area (Å²) in [5.41, 5.74) is 2.69. The second-order valence-corrected chi connectivity index (χ2v) is 6.17. The average Bonchev–Trinajstić information content (AvgIpc) is 3.10. The summed E-state index contributed by atoms with van der Waals surface area (Å²) in [7, 11) is 0. The molecule has 0 N–H and O–H groups in total. The van der Waals surface area contributed by atoms with Crippen LogP contribution in [0.15, 0.2) is 42.5 Å². The number of carbonyl (C=O) groups excluding carboxylic acids is 2. The number of rotatable bonds is 4. The molecular weight excluding hydrogens is 332 g/mol. The fourth-order valence-electron chi connectivity index (χ4n) is 3.23. The molecule has 0 unspecified atom stereocenters. The molecule has 0 radical (unpaired) electrons. The average molecular weight is 350 g/mol. The maximum Gasteiger partial charge on any atom is 0.265 e. The van der Waals surface area contributed by atoms with Crippen molar-refractivity contribution < 1.29 is 14.3 Å². The van der Waals surface area contributed by atoms with Crippen LogP contribution in [-0.2, 0) is 4.79 Å². The summed E-state index contributed by atoms with van der Waals surface area (Å²) in [6, 6.07) is 12.2. The minimum atomic E-state index is -0.518. The molecule has 0 saturated heterocycles. The topological polar surface area (TPSA) is 77.3 Å². The molecule has 0 aliphatic carbocycles. The highest BCUT2D eigenvalue weighted by Crippen LogP contribution is 2.33. The van der Waals surface area contributed by atoms with Crippen molar-refractivity contribution in [2.24, 2.45) is 0 Å². The first-order valence-corrected chi connectivity index (χ1v) is 8.51. The Balaban J connectivity index is 1.70. The largest absolute Gasteiger partial charge is 0.482 e. The zero-order valence-electron chi connectivity index (χ0n) is 14.5. The van der Waals surface area contributed by atoms with Crippen molar-refractivity contribution in [1.82, 2.24) is 15.0 Å². The zero-order valence-corrected chi connectivity index (χ0v) is 14.5. The monoisotopic (exact) mass is 350 g/mol. The number of ketones is 1. The van der Waals surface area contributed by atoms with Crippen LogP contribution in [0.4, 0.5) is 5.69 Å². The second kappa shape index (κ2) is 6.25. The number of anilines is 1. The van der Waals surface area contributed by atoms with Crippen molar-refractivity contribution >= 4 is 28.4 Å². The molecule has 26 heavy (non-hydrogen) atoms. The molecule has 1 aromatic heterocycles. The number of ether oxygens (including phenoxy) is 1. The molecule has 7 heteroatoms. The smallest absolute Gasteiger partial charge is 0.265 e. The molecule has 3 aromatic rings. The standard InChI is InChI=1S/C19H18N4O3/c1-3-22-16-10-13(8-9-17(16)26-11-18(22)24)19(25)12(2)23-15-7-5-4-6-14(15)20-21-23/h4-10,12H,3,11H2,1-2H3/t12-/m1/s1. The van der Waals surface area contributed by atoms with Crippen LogP contribution in [-0.4, -0.2) is 39.8 Å². The van der Waals surface area contributed by atoms with Gasteiger partial charge >= 0.3 is 0 Å². The molecule has 1 atom stereocenters. The normalized spacial score (nSPS) is 14.8. The highest BCUT2D eigenvalue weighted by molar-refractivity contribution is 6.03. The van der Waals surface area contributed by atoms with Crippen molar-refractivity contribution in [2.45, 2.75) is 19.9 Å². The molecule has 1 aliphatic rings. The van der Waals surface area contributed by atoms with Gasteiger partial charge in [0.2, 0.25) is 0 Å². The number of Topliss-reactive ketones (excluding diaryl/α,β-unsaturated/α-hetero) is 1. The number of likely N-dealkylation sites (N-methyl/N-ethyl adjacent to an activating group) is 1. The van der Waals surface area contributed by atoms with Gasteiger partial charge in [0.15, 0.2) is 12.4 Å². The second-order valence-electron chi connectivity index (χ2n) is 6.17. The van der Waals surface area contributed by atoms with Crippen molar-refractivity contribution in [3.05, 3.63) is 48.0 Å². The van der Waals surface area contributed by atoms with Crippen LogP contribution in [0.1, 0.15) is 30.2 Å². The molecule has 132 valence electrons. The lowest BCUT2D eigenvalue weighted by Gasteiger charge is -2.28. The molecule has 2 heterocycles. The van der Waals surface area contributed by atoms with Gasteiger partial charge in [0.25, 0.3) is 5.91 Å². The van der Waals surface area contributed by atoms with E-state index in [1.54, 1.807) is 34.7 Å². The number of hydrogen-bond acceptors (Lipinski definition) is 5. The Morgan fingerprint density at radius 1 is 1.27 bits per heavy atom. The third-order valence-electron chi connectivity index (χ3n) is 4.63. The number of fused-ring (bicyclic) bond motifs is 2. The van der Waals surface area contributed by atoms with E-state index in [9.17, 15) is 9.59 Å². The molecular formula is C19H18N4O3. The first kappa shape index (κ1) is 16.3. The fourth-order valence-corrected chi connectivity index (χ4v) is 3.23. The quantitative estimate of drug-likeness (QED) is 0.676. The fraction of sp³-hybridized carbons (Fsp3) is 0.263. The molecule has 0 saturated carbocycles. The van der Waals surface area contributed by atoms with Crippen LogP contribution in [0.2, 0.25) is 0 Å². The highest BCUT2D eigenvalue weighted by atomic mass is 16.5. The Bertz CT molecular complexity index is 1010. The highest BCUT2D eigenvalue weighted by Gasteiger charge is 2.27. The lowest BCUT2D eigenvalue weighted by Crippen LogP contribution is -2.38. The Morgan fingerprint density at radius 2 is 2.08 bits per heavy atom. The van der Waals surface area contributed by atoms with E-state index in [-0.39, 0.29) is 18.3 Å². The predicted octanol–water partition coefficient (Wildman–Crippen LogP) is 2.62. The van der Waals surface area contributed by atoms with Crippen molar-refractivity contribution in [2.75, 3.05) is 18.1 Å². The summed E-state index contributed by atoms with van der Waals surface area (Å²) < 4.78 is 7.08. The molecule has 0 bridgehead atoms. The SMILES string of the molecule is CCN1C(=O)COc2ccc(C(=O)[C@@H](C)n3nnc4ccccc43)cc21. The Kier molecular flexibility index (Phi) is 3.91. The van der Waals surface area contributed by atoms with Gasteiger partial charge in [-0.05, 0) is 44.2 Å². The third kappa shape index (κ3) is 2.52. The maximum atomic E-state index is 13.0. The van der Waals surface area contributed by atoms with Gasteiger partial charge in [-0.25, -0.2) is 4.68 Å². The zero-order chi connectivity index (χ0) is 18.3. The van der Waals surface area contributed by atoms with E-state index in [1.165, 1.54) is 0 Å². The Hall–Kier alpha value is -3.22. The number of nitrogens with zero attached hydrogens (tertiary/aromatic N) is 4. The van der Waals surface area contributed by atoms with Crippen molar-refractivity contribution in [1.29, 1.82) is 0 Å². The van der Waals surface area contributed by atoms with Gasteiger partial charge in [0.05, 0.1) is 11.2 Å². The minimum Gasteiger partial charge on any atom is -0.482 e.